The minimum absolute atomic E-state index is 0.227. The van der Waals surface area contributed by atoms with Gasteiger partial charge in [-0.05, 0) is 39.2 Å². The Bertz CT molecular complexity index is 283. The predicted molar refractivity (Wildman–Crippen MR) is 63.9 cm³/mol. The molecule has 0 bridgehead atoms. The molecule has 17 heavy (non-hydrogen) atoms. The fourth-order valence-electron chi connectivity index (χ4n) is 2.44. The Morgan fingerprint density at radius 2 is 2.18 bits per heavy atom. The first-order valence-corrected chi connectivity index (χ1v) is 6.42. The fraction of sp³-hybridized carbons (Fsp3) is 0.917. The van der Waals surface area contributed by atoms with Gasteiger partial charge in [0.2, 0.25) is 0 Å². The number of nitrogens with zero attached hydrogens (tertiary/aromatic N) is 1. The zero-order valence-electron chi connectivity index (χ0n) is 10.4. The molecule has 1 saturated carbocycles. The van der Waals surface area contributed by atoms with Crippen molar-refractivity contribution >= 4 is 5.97 Å². The Morgan fingerprint density at radius 3 is 2.65 bits per heavy atom. The van der Waals surface area contributed by atoms with Crippen LogP contribution >= 0.6 is 0 Å². The molecule has 2 atom stereocenters. The van der Waals surface area contributed by atoms with Crippen LogP contribution in [0.3, 0.4) is 0 Å². The topological polar surface area (TPSA) is 72.8 Å². The van der Waals surface area contributed by atoms with Crippen LogP contribution in [-0.2, 0) is 4.79 Å². The van der Waals surface area contributed by atoms with E-state index >= 15 is 0 Å². The summed E-state index contributed by atoms with van der Waals surface area (Å²) in [5.41, 5.74) is -1.64. The number of carboxylic acid groups (broad SMARTS) is 1. The first kappa shape index (κ1) is 12.8. The Balaban J connectivity index is 1.90. The highest BCUT2D eigenvalue weighted by atomic mass is 16.4. The van der Waals surface area contributed by atoms with Gasteiger partial charge in [-0.15, -0.1) is 0 Å². The molecular weight excluding hydrogens is 220 g/mol. The third-order valence-corrected chi connectivity index (χ3v) is 3.65. The second-order valence-corrected chi connectivity index (χ2v) is 5.53. The van der Waals surface area contributed by atoms with Gasteiger partial charge in [0.15, 0.2) is 5.60 Å². The summed E-state index contributed by atoms with van der Waals surface area (Å²) >= 11 is 0. The molecule has 0 aromatic carbocycles. The molecule has 0 amide bonds. The number of hydrogen-bond donors (Lipinski definition) is 3. The highest BCUT2D eigenvalue weighted by molar-refractivity contribution is 5.76. The Morgan fingerprint density at radius 1 is 1.47 bits per heavy atom. The lowest BCUT2D eigenvalue weighted by Crippen LogP contribution is -2.50. The molecule has 0 spiro atoms. The van der Waals surface area contributed by atoms with Crippen molar-refractivity contribution in [2.45, 2.75) is 50.3 Å². The van der Waals surface area contributed by atoms with Crippen LogP contribution in [0.15, 0.2) is 0 Å². The van der Waals surface area contributed by atoms with Crippen LogP contribution in [-0.4, -0.2) is 58.4 Å². The van der Waals surface area contributed by atoms with E-state index in [2.05, 4.69) is 10.2 Å². The molecule has 1 aliphatic heterocycles. The van der Waals surface area contributed by atoms with Crippen LogP contribution in [0.25, 0.3) is 0 Å². The van der Waals surface area contributed by atoms with Crippen molar-refractivity contribution in [1.82, 2.24) is 10.2 Å². The number of rotatable bonds is 6. The standard InChI is InChI=1S/C12H22N2O3/c1-12(17,11(15)16)8-14(10-4-5-10)7-9-3-2-6-13-9/h9-10,13,17H,2-8H2,1H3,(H,15,16). The smallest absolute Gasteiger partial charge is 0.336 e. The van der Waals surface area contributed by atoms with Gasteiger partial charge in [-0.3, -0.25) is 4.90 Å². The molecule has 1 saturated heterocycles. The lowest BCUT2D eigenvalue weighted by Gasteiger charge is -2.30. The molecule has 2 unspecified atom stereocenters. The molecule has 3 N–H and O–H groups in total. The zero-order chi connectivity index (χ0) is 12.5. The van der Waals surface area contributed by atoms with E-state index in [1.54, 1.807) is 0 Å². The molecule has 5 heteroatoms. The maximum Gasteiger partial charge on any atom is 0.336 e. The molecular formula is C12H22N2O3. The highest BCUT2D eigenvalue weighted by Gasteiger charge is 2.39. The van der Waals surface area contributed by atoms with E-state index in [1.807, 2.05) is 0 Å². The van der Waals surface area contributed by atoms with E-state index in [9.17, 15) is 9.90 Å². The van der Waals surface area contributed by atoms with E-state index in [-0.39, 0.29) is 6.54 Å². The van der Waals surface area contributed by atoms with E-state index in [0.717, 1.165) is 32.4 Å². The van der Waals surface area contributed by atoms with E-state index in [1.165, 1.54) is 13.3 Å². The summed E-state index contributed by atoms with van der Waals surface area (Å²) in [5, 5.41) is 22.2. The van der Waals surface area contributed by atoms with Crippen molar-refractivity contribution in [3.63, 3.8) is 0 Å². The van der Waals surface area contributed by atoms with Crippen molar-refractivity contribution in [3.05, 3.63) is 0 Å². The molecule has 1 heterocycles. The SMILES string of the molecule is CC(O)(CN(CC1CCCN1)C1CC1)C(=O)O. The minimum Gasteiger partial charge on any atom is -0.479 e. The van der Waals surface area contributed by atoms with Crippen LogP contribution in [0.2, 0.25) is 0 Å². The second kappa shape index (κ2) is 4.92. The van der Waals surface area contributed by atoms with Crippen LogP contribution in [0.1, 0.15) is 32.6 Å². The van der Waals surface area contributed by atoms with Gasteiger partial charge < -0.3 is 15.5 Å². The monoisotopic (exact) mass is 242 g/mol. The van der Waals surface area contributed by atoms with Gasteiger partial charge in [-0.2, -0.15) is 0 Å². The molecule has 1 aliphatic carbocycles. The van der Waals surface area contributed by atoms with Crippen molar-refractivity contribution in [3.8, 4) is 0 Å². The second-order valence-electron chi connectivity index (χ2n) is 5.53. The van der Waals surface area contributed by atoms with Crippen LogP contribution in [0, 0.1) is 0 Å². The van der Waals surface area contributed by atoms with Gasteiger partial charge in [-0.25, -0.2) is 4.79 Å². The molecule has 5 nitrogen and oxygen atoms in total. The Kier molecular flexibility index (Phi) is 3.70. The summed E-state index contributed by atoms with van der Waals surface area (Å²) in [6.07, 6.45) is 4.60. The number of carboxylic acids is 1. The van der Waals surface area contributed by atoms with Gasteiger partial charge in [0.25, 0.3) is 0 Å². The summed E-state index contributed by atoms with van der Waals surface area (Å²) in [6.45, 7) is 3.52. The molecule has 0 aromatic rings. The van der Waals surface area contributed by atoms with Crippen LogP contribution in [0.5, 0.6) is 0 Å². The number of aliphatic hydroxyl groups is 1. The first-order valence-electron chi connectivity index (χ1n) is 6.42. The quantitative estimate of drug-likeness (QED) is 0.613. The van der Waals surface area contributed by atoms with E-state index < -0.39 is 11.6 Å². The van der Waals surface area contributed by atoms with Crippen LogP contribution < -0.4 is 5.32 Å². The average Bonchev–Trinajstić information content (AvgIpc) is 2.97. The van der Waals surface area contributed by atoms with Gasteiger partial charge in [0.1, 0.15) is 0 Å². The number of carbonyl (C=O) groups is 1. The van der Waals surface area contributed by atoms with Gasteiger partial charge >= 0.3 is 5.97 Å². The molecule has 2 rings (SSSR count). The maximum absolute atomic E-state index is 10.9. The average molecular weight is 242 g/mol. The van der Waals surface area contributed by atoms with Crippen molar-refractivity contribution in [1.29, 1.82) is 0 Å². The third-order valence-electron chi connectivity index (χ3n) is 3.65. The maximum atomic E-state index is 10.9. The lowest BCUT2D eigenvalue weighted by molar-refractivity contribution is -0.158. The van der Waals surface area contributed by atoms with Crippen LogP contribution in [0.4, 0.5) is 0 Å². The molecule has 2 aliphatic rings. The van der Waals surface area contributed by atoms with E-state index in [0.29, 0.717) is 12.1 Å². The predicted octanol–water partition coefficient (Wildman–Crippen LogP) is 0.0384. The highest BCUT2D eigenvalue weighted by Crippen LogP contribution is 2.29. The summed E-state index contributed by atoms with van der Waals surface area (Å²) < 4.78 is 0. The minimum atomic E-state index is -1.64. The molecule has 98 valence electrons. The van der Waals surface area contributed by atoms with Crippen molar-refractivity contribution < 1.29 is 15.0 Å². The molecule has 0 aromatic heterocycles. The largest absolute Gasteiger partial charge is 0.479 e. The number of aliphatic carboxylic acids is 1. The Hall–Kier alpha value is -0.650. The van der Waals surface area contributed by atoms with Gasteiger partial charge in [0.05, 0.1) is 0 Å². The summed E-state index contributed by atoms with van der Waals surface area (Å²) in [7, 11) is 0. The van der Waals surface area contributed by atoms with Gasteiger partial charge in [-0.1, -0.05) is 0 Å². The van der Waals surface area contributed by atoms with E-state index in [4.69, 9.17) is 5.11 Å². The summed E-state index contributed by atoms with van der Waals surface area (Å²) in [6, 6.07) is 0.934. The zero-order valence-corrected chi connectivity index (χ0v) is 10.4. The summed E-state index contributed by atoms with van der Waals surface area (Å²) in [4.78, 5) is 13.1. The van der Waals surface area contributed by atoms with Crippen molar-refractivity contribution in [2.75, 3.05) is 19.6 Å². The molecule has 0 radical (unpaired) electrons. The van der Waals surface area contributed by atoms with Gasteiger partial charge in [0, 0.05) is 25.2 Å². The first-order chi connectivity index (χ1) is 7.99. The third kappa shape index (κ3) is 3.40. The normalized spacial score (nSPS) is 28.3. The lowest BCUT2D eigenvalue weighted by atomic mass is 10.1. The Labute approximate surface area is 102 Å². The fourth-order valence-corrected chi connectivity index (χ4v) is 2.44. The molecule has 2 fully saturated rings. The number of nitrogens with one attached hydrogen (secondary N) is 1. The summed E-state index contributed by atoms with van der Waals surface area (Å²) in [5.74, 6) is -1.14. The van der Waals surface area contributed by atoms with Crippen molar-refractivity contribution in [2.24, 2.45) is 0 Å². The number of hydrogen-bond acceptors (Lipinski definition) is 4.